The largest absolute Gasteiger partial charge is 0.491 e. The lowest BCUT2D eigenvalue weighted by Gasteiger charge is -2.32. The highest BCUT2D eigenvalue weighted by atomic mass is 32.2. The van der Waals surface area contributed by atoms with E-state index in [0.29, 0.717) is 16.7 Å². The Labute approximate surface area is 202 Å². The molecule has 1 aliphatic rings. The molecule has 1 aliphatic heterocycles. The van der Waals surface area contributed by atoms with Crippen LogP contribution in [0.5, 0.6) is 5.75 Å². The Morgan fingerprint density at radius 3 is 2.71 bits per heavy atom. The van der Waals surface area contributed by atoms with E-state index in [-0.39, 0.29) is 35.3 Å². The van der Waals surface area contributed by atoms with Crippen molar-refractivity contribution in [2.24, 2.45) is 0 Å². The van der Waals surface area contributed by atoms with Crippen molar-refractivity contribution < 1.29 is 32.7 Å². The Balaban J connectivity index is 1.90. The van der Waals surface area contributed by atoms with Crippen LogP contribution in [-0.4, -0.2) is 43.1 Å². The first kappa shape index (κ1) is 24.8. The number of hydrogen-bond donors (Lipinski definition) is 2. The number of hydrogen-bond acceptors (Lipinski definition) is 8. The zero-order valence-corrected chi connectivity index (χ0v) is 20.3. The van der Waals surface area contributed by atoms with E-state index in [1.807, 2.05) is 6.92 Å². The summed E-state index contributed by atoms with van der Waals surface area (Å²) in [5.41, 5.74) is 2.36. The van der Waals surface area contributed by atoms with Crippen LogP contribution in [-0.2, 0) is 15.9 Å². The first-order chi connectivity index (χ1) is 16.6. The van der Waals surface area contributed by atoms with E-state index in [1.54, 1.807) is 32.9 Å². The molecular weight excluding hydrogens is 481 g/mol. The average Bonchev–Trinajstić information content (AvgIpc) is 3.18. The van der Waals surface area contributed by atoms with Gasteiger partial charge in [0.1, 0.15) is 40.1 Å². The lowest BCUT2D eigenvalue weighted by molar-refractivity contribution is -0.183. The lowest BCUT2D eigenvalue weighted by Crippen LogP contribution is -2.36. The van der Waals surface area contributed by atoms with Gasteiger partial charge in [-0.25, -0.2) is 27.6 Å². The zero-order valence-electron chi connectivity index (χ0n) is 19.5. The normalized spacial score (nSPS) is 17.7. The second-order valence-corrected chi connectivity index (χ2v) is 9.72. The number of benzene rings is 2. The van der Waals surface area contributed by atoms with Crippen molar-refractivity contribution in [2.75, 3.05) is 13.2 Å². The molecule has 2 heterocycles. The fraction of sp³-hybridized carbons (Fsp3) is 0.348. The van der Waals surface area contributed by atoms with E-state index < -0.39 is 40.5 Å². The summed E-state index contributed by atoms with van der Waals surface area (Å²) < 4.78 is 41.6. The van der Waals surface area contributed by atoms with E-state index in [0.717, 1.165) is 5.56 Å². The van der Waals surface area contributed by atoms with Gasteiger partial charge in [0.2, 0.25) is 5.89 Å². The topological polar surface area (TPSA) is 135 Å². The molecule has 4 rings (SSSR count). The van der Waals surface area contributed by atoms with E-state index in [2.05, 4.69) is 15.1 Å². The zero-order chi connectivity index (χ0) is 25.4. The number of fused-ring (bicyclic) bond motifs is 1. The summed E-state index contributed by atoms with van der Waals surface area (Å²) in [6.45, 7) is 7.16. The van der Waals surface area contributed by atoms with Crippen LogP contribution < -0.4 is 10.5 Å². The van der Waals surface area contributed by atoms with Gasteiger partial charge in [-0.2, -0.15) is 5.26 Å². The Hall–Kier alpha value is -3.35. The van der Waals surface area contributed by atoms with E-state index in [4.69, 9.17) is 14.4 Å². The Bertz CT molecular complexity index is 1370. The predicted octanol–water partition coefficient (Wildman–Crippen LogP) is 3.32. The minimum absolute atomic E-state index is 0.0244. The fourth-order valence-electron chi connectivity index (χ4n) is 4.39. The maximum atomic E-state index is 15.1. The van der Waals surface area contributed by atoms with E-state index in [1.165, 1.54) is 16.4 Å². The predicted molar refractivity (Wildman–Crippen MR) is 122 cm³/mol. The third kappa shape index (κ3) is 4.51. The van der Waals surface area contributed by atoms with Crippen molar-refractivity contribution in [1.82, 2.24) is 14.5 Å². The highest BCUT2D eigenvalue weighted by molar-refractivity contribution is 7.83. The number of rotatable bonds is 5. The third-order valence-electron chi connectivity index (χ3n) is 6.14. The number of nitrogens with zero attached hydrogens (tertiary/aromatic N) is 2. The van der Waals surface area contributed by atoms with Crippen LogP contribution in [0, 0.1) is 26.6 Å². The number of carbonyl (C=O) groups is 1. The van der Waals surface area contributed by atoms with Crippen molar-refractivity contribution in [1.29, 1.82) is 0 Å². The number of carbonyl (C=O) groups excluding carboxylic acids is 1. The Morgan fingerprint density at radius 1 is 1.31 bits per heavy atom. The van der Waals surface area contributed by atoms with Gasteiger partial charge < -0.3 is 9.15 Å². The van der Waals surface area contributed by atoms with Crippen LogP contribution in [0.3, 0.4) is 0 Å². The van der Waals surface area contributed by atoms with Crippen molar-refractivity contribution in [2.45, 2.75) is 44.6 Å². The van der Waals surface area contributed by atoms with Gasteiger partial charge in [-0.05, 0) is 61.2 Å². The third-order valence-corrected chi connectivity index (χ3v) is 7.74. The van der Waals surface area contributed by atoms with Crippen LogP contribution in [0.15, 0.2) is 38.4 Å². The molecule has 186 valence electrons. The number of ether oxygens (including phenoxy) is 1. The summed E-state index contributed by atoms with van der Waals surface area (Å²) in [5, 5.41) is 15.2. The molecule has 0 aliphatic carbocycles. The van der Waals surface area contributed by atoms with Crippen LogP contribution in [0.25, 0.3) is 0 Å². The number of H-pyrrole nitrogens is 1. The molecule has 0 amide bonds. The minimum Gasteiger partial charge on any atom is -0.491 e. The standard InChI is InChI=1S/C23H24FN3O7S/c1-11-9-15(22(28)34-30)20-17(10-11)32-8-7-27(35(20)31)19(21-25-26-23(29)33-21)14(4)18-13(3)12(2)5-6-16(18)24/h5-6,9-10,14,19,30H,7-8H2,1-4H3,(H,26,29). The average molecular weight is 506 g/mol. The van der Waals surface area contributed by atoms with Crippen LogP contribution in [0.4, 0.5) is 4.39 Å². The highest BCUT2D eigenvalue weighted by Gasteiger charge is 2.40. The second-order valence-electron chi connectivity index (χ2n) is 8.34. The van der Waals surface area contributed by atoms with Gasteiger partial charge in [-0.15, -0.1) is 5.10 Å². The summed E-state index contributed by atoms with van der Waals surface area (Å²) in [6, 6.07) is 5.05. The number of aryl methyl sites for hydroxylation is 2. The molecule has 3 atom stereocenters. The van der Waals surface area contributed by atoms with Crippen LogP contribution >= 0.6 is 0 Å². The summed E-state index contributed by atoms with van der Waals surface area (Å²) >= 11 is 0. The number of aromatic nitrogens is 2. The molecule has 12 heteroatoms. The van der Waals surface area contributed by atoms with Gasteiger partial charge in [0.25, 0.3) is 0 Å². The molecule has 2 aromatic carbocycles. The molecule has 10 nitrogen and oxygen atoms in total. The van der Waals surface area contributed by atoms with Crippen LogP contribution in [0.2, 0.25) is 0 Å². The molecule has 0 spiro atoms. The Kier molecular flexibility index (Phi) is 6.88. The number of halogens is 1. The molecule has 0 bridgehead atoms. The first-order valence-corrected chi connectivity index (χ1v) is 11.9. The monoisotopic (exact) mass is 505 g/mol. The maximum absolute atomic E-state index is 15.1. The fourth-order valence-corrected chi connectivity index (χ4v) is 5.97. The Morgan fingerprint density at radius 2 is 2.06 bits per heavy atom. The smallest absolute Gasteiger partial charge is 0.434 e. The van der Waals surface area contributed by atoms with Crippen molar-refractivity contribution in [3.05, 3.63) is 74.3 Å². The molecule has 2 N–H and O–H groups in total. The molecule has 3 aromatic rings. The van der Waals surface area contributed by atoms with Crippen molar-refractivity contribution in [3.63, 3.8) is 0 Å². The van der Waals surface area contributed by atoms with Gasteiger partial charge in [0.15, 0.2) is 0 Å². The summed E-state index contributed by atoms with van der Waals surface area (Å²) in [6.07, 6.45) is 0. The van der Waals surface area contributed by atoms with Crippen molar-refractivity contribution >= 4 is 17.0 Å². The van der Waals surface area contributed by atoms with Crippen LogP contribution in [0.1, 0.15) is 57.4 Å². The maximum Gasteiger partial charge on any atom is 0.434 e. The molecule has 3 unspecified atom stereocenters. The molecule has 0 saturated carbocycles. The second kappa shape index (κ2) is 9.72. The van der Waals surface area contributed by atoms with Gasteiger partial charge in [0.05, 0.1) is 5.56 Å². The highest BCUT2D eigenvalue weighted by Crippen LogP contribution is 2.42. The molecule has 0 fully saturated rings. The van der Waals surface area contributed by atoms with Gasteiger partial charge in [-0.3, -0.25) is 4.89 Å². The van der Waals surface area contributed by atoms with Crippen molar-refractivity contribution in [3.8, 4) is 5.75 Å². The molecular formula is C23H24FN3O7S. The number of nitrogens with one attached hydrogen (secondary N) is 1. The summed E-state index contributed by atoms with van der Waals surface area (Å²) in [5.74, 6) is -3.01. The van der Waals surface area contributed by atoms with E-state index >= 15 is 4.39 Å². The summed E-state index contributed by atoms with van der Waals surface area (Å²) in [7, 11) is -2.09. The first-order valence-electron chi connectivity index (χ1n) is 10.8. The molecule has 1 aromatic heterocycles. The van der Waals surface area contributed by atoms with Gasteiger partial charge in [0, 0.05) is 12.5 Å². The quantitative estimate of drug-likeness (QED) is 0.398. The van der Waals surface area contributed by atoms with Gasteiger partial charge in [-0.1, -0.05) is 13.0 Å². The van der Waals surface area contributed by atoms with E-state index in [9.17, 15) is 13.8 Å². The SMILES string of the molecule is Cc1cc2c(c(C(=O)OO)c1)S(=O)N(C(c1n[nH]c(=O)o1)C(C)c1c(F)ccc(C)c1C)CCO2. The summed E-state index contributed by atoms with van der Waals surface area (Å²) in [4.78, 5) is 28.0. The lowest BCUT2D eigenvalue weighted by atomic mass is 9.87. The molecule has 35 heavy (non-hydrogen) atoms. The molecule has 0 saturated heterocycles. The minimum atomic E-state index is -2.09. The molecule has 0 radical (unpaired) electrons. The number of aromatic amines is 1. The van der Waals surface area contributed by atoms with Gasteiger partial charge >= 0.3 is 11.7 Å².